The van der Waals surface area contributed by atoms with E-state index in [2.05, 4.69) is 51.1 Å². The number of thiazole rings is 1. The van der Waals surface area contributed by atoms with Crippen LogP contribution in [0.1, 0.15) is 105 Å². The van der Waals surface area contributed by atoms with Crippen LogP contribution in [0.25, 0.3) is 21.5 Å². The van der Waals surface area contributed by atoms with Crippen LogP contribution < -0.4 is 5.43 Å². The minimum atomic E-state index is 0.341. The van der Waals surface area contributed by atoms with Crippen molar-refractivity contribution in [3.05, 3.63) is 35.9 Å². The first-order valence-corrected chi connectivity index (χ1v) is 17.6. The van der Waals surface area contributed by atoms with Gasteiger partial charge >= 0.3 is 0 Å². The average molecular weight is 584 g/mol. The van der Waals surface area contributed by atoms with Crippen LogP contribution in [-0.4, -0.2) is 20.7 Å². The van der Waals surface area contributed by atoms with Crippen LogP contribution in [0, 0.1) is 46.3 Å². The summed E-state index contributed by atoms with van der Waals surface area (Å²) >= 11 is 1.54. The highest BCUT2D eigenvalue weighted by Gasteiger charge is 2.59. The Morgan fingerprint density at radius 2 is 1.79 bits per heavy atom. The quantitative estimate of drug-likeness (QED) is 0.222. The summed E-state index contributed by atoms with van der Waals surface area (Å²) in [4.78, 5) is 15.0. The number of aromatic nitrogens is 3. The zero-order valence-electron chi connectivity index (χ0n) is 26.3. The third-order valence-corrected chi connectivity index (χ3v) is 13.2. The Labute approximate surface area is 256 Å². The molecule has 5 nitrogen and oxygen atoms in total. The summed E-state index contributed by atoms with van der Waals surface area (Å²) < 4.78 is 0. The largest absolute Gasteiger partial charge is 0.253 e. The van der Waals surface area contributed by atoms with Crippen LogP contribution in [0.5, 0.6) is 0 Å². The van der Waals surface area contributed by atoms with Gasteiger partial charge in [-0.15, -0.1) is 0 Å². The Bertz CT molecular complexity index is 1470. The van der Waals surface area contributed by atoms with Crippen molar-refractivity contribution in [1.82, 2.24) is 15.0 Å². The van der Waals surface area contributed by atoms with Gasteiger partial charge in [0, 0.05) is 12.1 Å². The van der Waals surface area contributed by atoms with E-state index in [1.54, 1.807) is 5.57 Å². The van der Waals surface area contributed by atoms with Gasteiger partial charge in [-0.1, -0.05) is 89.0 Å². The van der Waals surface area contributed by atoms with Crippen molar-refractivity contribution < 1.29 is 0 Å². The SMILES string of the molecule is CC(C)CCC[C@@H](C)[C@H]1CC[C@H]2[C@@H]3CC=C4C/C(=N/Nc5nc6nc7ccccc7nc6s5)CC[C@]4(C)[C@H]3CC[C@]12C. The molecule has 7 atom stereocenters. The summed E-state index contributed by atoms with van der Waals surface area (Å²) in [7, 11) is 0. The van der Waals surface area contributed by atoms with Gasteiger partial charge in [-0.2, -0.15) is 10.1 Å². The molecule has 1 aromatic carbocycles. The summed E-state index contributed by atoms with van der Waals surface area (Å²) in [5.74, 6) is 5.27. The van der Waals surface area contributed by atoms with Gasteiger partial charge < -0.3 is 0 Å². The van der Waals surface area contributed by atoms with Gasteiger partial charge in [0.2, 0.25) is 5.13 Å². The molecule has 1 N–H and O–H groups in total. The Morgan fingerprint density at radius 3 is 2.60 bits per heavy atom. The molecule has 2 aromatic heterocycles. The summed E-state index contributed by atoms with van der Waals surface area (Å²) in [6.07, 6.45) is 17.3. The molecule has 3 aromatic rings. The number of nitrogens with zero attached hydrogens (tertiary/aromatic N) is 4. The van der Waals surface area contributed by atoms with Crippen molar-refractivity contribution in [3.8, 4) is 0 Å². The van der Waals surface area contributed by atoms with Gasteiger partial charge in [-0.25, -0.2) is 9.97 Å². The van der Waals surface area contributed by atoms with Crippen LogP contribution in [0.15, 0.2) is 41.0 Å². The third-order valence-electron chi connectivity index (χ3n) is 12.4. The van der Waals surface area contributed by atoms with Crippen molar-refractivity contribution >= 4 is 43.7 Å². The molecule has 6 heteroatoms. The van der Waals surface area contributed by atoms with Crippen molar-refractivity contribution in [2.24, 2.45) is 51.4 Å². The smallest absolute Gasteiger partial charge is 0.207 e. The molecule has 4 aliphatic rings. The topological polar surface area (TPSA) is 63.1 Å². The molecule has 0 aliphatic heterocycles. The van der Waals surface area contributed by atoms with Gasteiger partial charge in [-0.05, 0) is 103 Å². The first-order valence-electron chi connectivity index (χ1n) is 16.8. The minimum absolute atomic E-state index is 0.341. The molecular weight excluding hydrogens is 534 g/mol. The summed E-state index contributed by atoms with van der Waals surface area (Å²) in [6, 6.07) is 7.99. The lowest BCUT2D eigenvalue weighted by atomic mass is 9.47. The van der Waals surface area contributed by atoms with E-state index in [4.69, 9.17) is 15.1 Å². The number of para-hydroxylation sites is 2. The molecule has 0 saturated heterocycles. The van der Waals surface area contributed by atoms with Gasteiger partial charge in [0.1, 0.15) is 0 Å². The molecule has 4 aliphatic carbocycles. The van der Waals surface area contributed by atoms with E-state index in [0.29, 0.717) is 16.5 Å². The molecule has 2 heterocycles. The summed E-state index contributed by atoms with van der Waals surface area (Å²) in [5.41, 5.74) is 9.59. The van der Waals surface area contributed by atoms with Crippen molar-refractivity contribution in [2.75, 3.05) is 5.43 Å². The van der Waals surface area contributed by atoms with Gasteiger partial charge in [0.05, 0.1) is 11.0 Å². The molecule has 3 fully saturated rings. The van der Waals surface area contributed by atoms with E-state index >= 15 is 0 Å². The molecule has 7 rings (SSSR count). The second-order valence-corrected chi connectivity index (χ2v) is 16.1. The zero-order valence-corrected chi connectivity index (χ0v) is 27.1. The lowest BCUT2D eigenvalue weighted by Gasteiger charge is -2.58. The van der Waals surface area contributed by atoms with Crippen LogP contribution in [0.4, 0.5) is 5.13 Å². The highest BCUT2D eigenvalue weighted by atomic mass is 32.1. The Balaban J connectivity index is 1.04. The standard InChI is InChI=1S/C36H49N5S/c1-22(2)9-8-10-23(3)27-15-16-28-26-14-13-24-21-25(17-19-35(24,4)29(26)18-20-36(27,28)5)40-41-34-39-32-33(42-34)38-31-12-7-6-11-30(31)37-32/h6-7,11-13,22-23,26-29H,8-10,14-21H2,1-5H3,(H,37,39,41)/b40-25+/t23-,26+,27-,28+,29+,35+,36-/m1/s1. The number of hydrogen-bond donors (Lipinski definition) is 1. The predicted molar refractivity (Wildman–Crippen MR) is 177 cm³/mol. The van der Waals surface area contributed by atoms with Crippen LogP contribution in [0.3, 0.4) is 0 Å². The first kappa shape index (κ1) is 28.4. The van der Waals surface area contributed by atoms with Gasteiger partial charge in [0.15, 0.2) is 10.5 Å². The second kappa shape index (κ2) is 11.0. The van der Waals surface area contributed by atoms with E-state index in [0.717, 1.165) is 69.3 Å². The minimum Gasteiger partial charge on any atom is -0.253 e. The number of hydrogen-bond acceptors (Lipinski definition) is 6. The van der Waals surface area contributed by atoms with Gasteiger partial charge in [0.25, 0.3) is 0 Å². The maximum atomic E-state index is 4.89. The van der Waals surface area contributed by atoms with Crippen LogP contribution >= 0.6 is 11.3 Å². The van der Waals surface area contributed by atoms with E-state index in [9.17, 15) is 0 Å². The summed E-state index contributed by atoms with van der Waals surface area (Å²) in [5, 5.41) is 5.67. The maximum Gasteiger partial charge on any atom is 0.207 e. The number of rotatable bonds is 7. The lowest BCUT2D eigenvalue weighted by Crippen LogP contribution is -2.50. The highest BCUT2D eigenvalue weighted by Crippen LogP contribution is 2.67. The van der Waals surface area contributed by atoms with Crippen molar-refractivity contribution in [3.63, 3.8) is 0 Å². The van der Waals surface area contributed by atoms with E-state index in [1.165, 1.54) is 74.8 Å². The van der Waals surface area contributed by atoms with E-state index < -0.39 is 0 Å². The molecular formula is C36H49N5S. The fourth-order valence-corrected chi connectivity index (χ4v) is 10.8. The number of hydrazone groups is 1. The second-order valence-electron chi connectivity index (χ2n) is 15.1. The Hall–Kier alpha value is -2.34. The zero-order chi connectivity index (χ0) is 29.1. The predicted octanol–water partition coefficient (Wildman–Crippen LogP) is 10.0. The van der Waals surface area contributed by atoms with E-state index in [1.807, 2.05) is 24.3 Å². The van der Waals surface area contributed by atoms with E-state index in [-0.39, 0.29) is 0 Å². The lowest BCUT2D eigenvalue weighted by molar-refractivity contribution is -0.0468. The highest BCUT2D eigenvalue weighted by molar-refractivity contribution is 7.21. The Kier molecular flexibility index (Phi) is 7.43. The average Bonchev–Trinajstić information content (AvgIpc) is 3.54. The molecule has 0 spiro atoms. The fourth-order valence-electron chi connectivity index (χ4n) is 10.1. The number of benzene rings is 1. The number of fused-ring (bicyclic) bond motifs is 7. The summed E-state index contributed by atoms with van der Waals surface area (Å²) in [6.45, 7) is 12.7. The van der Waals surface area contributed by atoms with Gasteiger partial charge in [-0.3, -0.25) is 5.43 Å². The monoisotopic (exact) mass is 583 g/mol. The molecule has 42 heavy (non-hydrogen) atoms. The number of allylic oxidation sites excluding steroid dienone is 2. The third kappa shape index (κ3) is 4.90. The molecule has 0 bridgehead atoms. The normalized spacial score (nSPS) is 34.3. The van der Waals surface area contributed by atoms with Crippen molar-refractivity contribution in [1.29, 1.82) is 0 Å². The molecule has 0 unspecified atom stereocenters. The number of nitrogens with one attached hydrogen (secondary N) is 1. The van der Waals surface area contributed by atoms with Crippen LogP contribution in [0.2, 0.25) is 0 Å². The molecule has 3 saturated carbocycles. The Morgan fingerprint density at radius 1 is 0.976 bits per heavy atom. The fraction of sp³-hybridized carbons (Fsp3) is 0.667. The molecule has 0 amide bonds. The number of anilines is 1. The van der Waals surface area contributed by atoms with Crippen molar-refractivity contribution in [2.45, 2.75) is 105 Å². The van der Waals surface area contributed by atoms with Crippen LogP contribution in [-0.2, 0) is 0 Å². The molecule has 224 valence electrons. The first-order chi connectivity index (χ1) is 20.2. The molecule has 0 radical (unpaired) electrons. The maximum absolute atomic E-state index is 4.89.